The molecule has 3 N–H and O–H groups in total. The van der Waals surface area contributed by atoms with Gasteiger partial charge in [-0.3, -0.25) is 4.79 Å². The van der Waals surface area contributed by atoms with Gasteiger partial charge in [0.2, 0.25) is 5.91 Å². The van der Waals surface area contributed by atoms with Gasteiger partial charge in [0, 0.05) is 25.6 Å². The van der Waals surface area contributed by atoms with Crippen LogP contribution >= 0.6 is 0 Å². The van der Waals surface area contributed by atoms with Gasteiger partial charge in [-0.05, 0) is 31.9 Å². The van der Waals surface area contributed by atoms with Crippen molar-refractivity contribution in [2.24, 2.45) is 5.73 Å². The van der Waals surface area contributed by atoms with Gasteiger partial charge in [-0.15, -0.1) is 0 Å². The van der Waals surface area contributed by atoms with Gasteiger partial charge in [-0.25, -0.2) is 4.98 Å². The molecular weight excluding hydrogens is 252 g/mol. The Balaban J connectivity index is 1.72. The van der Waals surface area contributed by atoms with Crippen LogP contribution in [0.15, 0.2) is 30.6 Å². The van der Waals surface area contributed by atoms with Crippen molar-refractivity contribution in [1.82, 2.24) is 14.9 Å². The maximum Gasteiger partial charge on any atom is 0.220 e. The quantitative estimate of drug-likeness (QED) is 0.754. The zero-order chi connectivity index (χ0) is 14.4. The highest BCUT2D eigenvalue weighted by molar-refractivity contribution is 5.76. The molecule has 0 saturated heterocycles. The van der Waals surface area contributed by atoms with Gasteiger partial charge >= 0.3 is 0 Å². The van der Waals surface area contributed by atoms with Crippen LogP contribution in [0.4, 0.5) is 0 Å². The van der Waals surface area contributed by atoms with Crippen molar-refractivity contribution in [1.29, 1.82) is 0 Å². The van der Waals surface area contributed by atoms with E-state index in [-0.39, 0.29) is 11.9 Å². The Hall–Kier alpha value is -1.88. The Morgan fingerprint density at radius 2 is 2.25 bits per heavy atom. The Morgan fingerprint density at radius 3 is 3.05 bits per heavy atom. The molecule has 0 bridgehead atoms. The highest BCUT2D eigenvalue weighted by Gasteiger charge is 2.04. The molecule has 0 fully saturated rings. The number of hydrogen-bond donors (Lipinski definition) is 2. The molecule has 1 aromatic heterocycles. The molecule has 2 rings (SSSR count). The van der Waals surface area contributed by atoms with E-state index in [1.807, 2.05) is 31.5 Å². The molecule has 108 valence electrons. The Morgan fingerprint density at radius 1 is 1.45 bits per heavy atom. The third-order valence-corrected chi connectivity index (χ3v) is 3.25. The summed E-state index contributed by atoms with van der Waals surface area (Å²) in [5, 5.41) is 2.92. The molecule has 0 radical (unpaired) electrons. The predicted octanol–water partition coefficient (Wildman–Crippen LogP) is 1.67. The van der Waals surface area contributed by atoms with Crippen molar-refractivity contribution < 1.29 is 4.79 Å². The second-order valence-electron chi connectivity index (χ2n) is 5.15. The third-order valence-electron chi connectivity index (χ3n) is 3.25. The molecule has 5 nitrogen and oxygen atoms in total. The van der Waals surface area contributed by atoms with Crippen LogP contribution in [-0.2, 0) is 11.3 Å². The number of aryl methyl sites for hydroxylation is 1. The summed E-state index contributed by atoms with van der Waals surface area (Å²) in [6, 6.07) is 8.14. The van der Waals surface area contributed by atoms with Crippen LogP contribution < -0.4 is 11.1 Å². The normalized spacial score (nSPS) is 12.5. The summed E-state index contributed by atoms with van der Waals surface area (Å²) in [6.45, 7) is 3.45. The van der Waals surface area contributed by atoms with Crippen molar-refractivity contribution in [3.8, 4) is 0 Å². The lowest BCUT2D eigenvalue weighted by Crippen LogP contribution is -2.27. The summed E-state index contributed by atoms with van der Waals surface area (Å²) in [4.78, 5) is 15.9. The number of imidazole rings is 1. The van der Waals surface area contributed by atoms with E-state index in [4.69, 9.17) is 5.73 Å². The standard InChI is InChI=1S/C15H22N4O/c1-12(16)7-8-15(20)17-9-4-10-19-11-18-13-5-2-3-6-14(13)19/h2-3,5-6,11-12H,4,7-10,16H2,1H3,(H,17,20). The van der Waals surface area contributed by atoms with E-state index >= 15 is 0 Å². The molecule has 2 aromatic rings. The van der Waals surface area contributed by atoms with Gasteiger partial charge in [0.05, 0.1) is 17.4 Å². The average Bonchev–Trinajstić information content (AvgIpc) is 2.85. The third kappa shape index (κ3) is 4.06. The van der Waals surface area contributed by atoms with E-state index in [2.05, 4.69) is 20.9 Å². The van der Waals surface area contributed by atoms with Gasteiger partial charge in [0.15, 0.2) is 0 Å². The van der Waals surface area contributed by atoms with Crippen LogP contribution in [0.25, 0.3) is 11.0 Å². The van der Waals surface area contributed by atoms with Crippen LogP contribution in [-0.4, -0.2) is 28.0 Å². The van der Waals surface area contributed by atoms with Crippen LogP contribution in [0.1, 0.15) is 26.2 Å². The minimum Gasteiger partial charge on any atom is -0.356 e. The van der Waals surface area contributed by atoms with Gasteiger partial charge in [0.1, 0.15) is 0 Å². The molecule has 1 unspecified atom stereocenters. The summed E-state index contributed by atoms with van der Waals surface area (Å²) in [5.41, 5.74) is 7.77. The van der Waals surface area contributed by atoms with E-state index in [0.29, 0.717) is 13.0 Å². The molecule has 1 aromatic carbocycles. The van der Waals surface area contributed by atoms with E-state index in [0.717, 1.165) is 30.4 Å². The maximum atomic E-state index is 11.5. The van der Waals surface area contributed by atoms with Crippen molar-refractivity contribution in [2.45, 2.75) is 38.8 Å². The number of nitrogens with zero attached hydrogens (tertiary/aromatic N) is 2. The fourth-order valence-corrected chi connectivity index (χ4v) is 2.11. The highest BCUT2D eigenvalue weighted by Crippen LogP contribution is 2.11. The Labute approximate surface area is 119 Å². The van der Waals surface area contributed by atoms with Crippen LogP contribution in [0, 0.1) is 0 Å². The summed E-state index contributed by atoms with van der Waals surface area (Å²) < 4.78 is 2.11. The second-order valence-corrected chi connectivity index (χ2v) is 5.15. The van der Waals surface area contributed by atoms with E-state index < -0.39 is 0 Å². The lowest BCUT2D eigenvalue weighted by atomic mass is 10.2. The molecule has 0 spiro atoms. The Bertz CT molecular complexity index is 562. The van der Waals surface area contributed by atoms with Crippen molar-refractivity contribution in [3.05, 3.63) is 30.6 Å². The number of rotatable bonds is 7. The van der Waals surface area contributed by atoms with Crippen LogP contribution in [0.3, 0.4) is 0 Å². The molecule has 1 atom stereocenters. The lowest BCUT2D eigenvalue weighted by Gasteiger charge is -2.07. The number of fused-ring (bicyclic) bond motifs is 1. The number of aromatic nitrogens is 2. The lowest BCUT2D eigenvalue weighted by molar-refractivity contribution is -0.121. The molecule has 20 heavy (non-hydrogen) atoms. The van der Waals surface area contributed by atoms with E-state index in [9.17, 15) is 4.79 Å². The molecule has 0 saturated carbocycles. The van der Waals surface area contributed by atoms with Gasteiger partial charge in [-0.2, -0.15) is 0 Å². The zero-order valence-corrected chi connectivity index (χ0v) is 11.9. The summed E-state index contributed by atoms with van der Waals surface area (Å²) in [5.74, 6) is 0.0813. The second kappa shape index (κ2) is 7.05. The first-order valence-corrected chi connectivity index (χ1v) is 7.09. The van der Waals surface area contributed by atoms with Gasteiger partial charge in [0.25, 0.3) is 0 Å². The van der Waals surface area contributed by atoms with Crippen molar-refractivity contribution in [2.75, 3.05) is 6.54 Å². The number of carbonyl (C=O) groups is 1. The fourth-order valence-electron chi connectivity index (χ4n) is 2.11. The number of benzene rings is 1. The highest BCUT2D eigenvalue weighted by atomic mass is 16.1. The number of para-hydroxylation sites is 2. The molecule has 1 heterocycles. The van der Waals surface area contributed by atoms with Gasteiger partial charge < -0.3 is 15.6 Å². The number of carbonyl (C=O) groups excluding carboxylic acids is 1. The summed E-state index contributed by atoms with van der Waals surface area (Å²) >= 11 is 0. The van der Waals surface area contributed by atoms with Crippen LogP contribution in [0.2, 0.25) is 0 Å². The van der Waals surface area contributed by atoms with E-state index in [1.165, 1.54) is 0 Å². The summed E-state index contributed by atoms with van der Waals surface area (Å²) in [6.07, 6.45) is 3.98. The monoisotopic (exact) mass is 274 g/mol. The number of nitrogens with one attached hydrogen (secondary N) is 1. The smallest absolute Gasteiger partial charge is 0.220 e. The molecule has 1 amide bonds. The first-order chi connectivity index (χ1) is 9.66. The van der Waals surface area contributed by atoms with Crippen molar-refractivity contribution >= 4 is 16.9 Å². The first kappa shape index (κ1) is 14.5. The minimum atomic E-state index is 0.0813. The Kier molecular flexibility index (Phi) is 5.12. The first-order valence-electron chi connectivity index (χ1n) is 7.09. The molecular formula is C15H22N4O. The topological polar surface area (TPSA) is 72.9 Å². The average molecular weight is 274 g/mol. The number of amides is 1. The van der Waals surface area contributed by atoms with Crippen LogP contribution in [0.5, 0.6) is 0 Å². The molecule has 0 aliphatic rings. The maximum absolute atomic E-state index is 11.5. The number of nitrogens with two attached hydrogens (primary N) is 1. The predicted molar refractivity (Wildman–Crippen MR) is 80.2 cm³/mol. The molecule has 0 aliphatic heterocycles. The molecule has 5 heteroatoms. The molecule has 0 aliphatic carbocycles. The van der Waals surface area contributed by atoms with Crippen molar-refractivity contribution in [3.63, 3.8) is 0 Å². The van der Waals surface area contributed by atoms with Gasteiger partial charge in [-0.1, -0.05) is 12.1 Å². The summed E-state index contributed by atoms with van der Waals surface area (Å²) in [7, 11) is 0. The SMILES string of the molecule is CC(N)CCC(=O)NCCCn1cnc2ccccc21. The minimum absolute atomic E-state index is 0.0813. The largest absolute Gasteiger partial charge is 0.356 e. The van der Waals surface area contributed by atoms with E-state index in [1.54, 1.807) is 0 Å². The number of hydrogen-bond acceptors (Lipinski definition) is 3. The zero-order valence-electron chi connectivity index (χ0n) is 11.9. The fraction of sp³-hybridized carbons (Fsp3) is 0.467.